The first-order valence-electron chi connectivity index (χ1n) is 8.62. The van der Waals surface area contributed by atoms with Crippen molar-refractivity contribution in [2.75, 3.05) is 0 Å². The first-order valence-corrected chi connectivity index (χ1v) is 8.62. The van der Waals surface area contributed by atoms with E-state index >= 15 is 0 Å². The largest absolute Gasteiger partial charge is 0.361 e. The summed E-state index contributed by atoms with van der Waals surface area (Å²) in [5, 5.41) is 5.15. The monoisotopic (exact) mass is 359 g/mol. The van der Waals surface area contributed by atoms with Crippen LogP contribution in [0.2, 0.25) is 0 Å². The average Bonchev–Trinajstić information content (AvgIpc) is 3.11. The van der Waals surface area contributed by atoms with Gasteiger partial charge in [0.05, 0.1) is 17.2 Å². The Labute approximate surface area is 155 Å². The zero-order valence-corrected chi connectivity index (χ0v) is 14.6. The lowest BCUT2D eigenvalue weighted by molar-refractivity contribution is -0.403. The molecule has 0 spiro atoms. The van der Waals surface area contributed by atoms with Gasteiger partial charge in [0.1, 0.15) is 0 Å². The topological polar surface area (TPSA) is 111 Å². The van der Waals surface area contributed by atoms with E-state index in [0.717, 1.165) is 33.1 Å². The summed E-state index contributed by atoms with van der Waals surface area (Å²) in [6.45, 7) is 0. The van der Waals surface area contributed by atoms with Crippen molar-refractivity contribution >= 4 is 34.1 Å². The van der Waals surface area contributed by atoms with Crippen molar-refractivity contribution in [1.29, 1.82) is 0 Å². The van der Waals surface area contributed by atoms with E-state index in [1.165, 1.54) is 0 Å². The molecule has 4 aromatic rings. The number of H-pyrrole nitrogens is 1. The van der Waals surface area contributed by atoms with Crippen LogP contribution in [-0.4, -0.2) is 33.1 Å². The van der Waals surface area contributed by atoms with E-state index in [4.69, 9.17) is 0 Å². The molecule has 0 saturated heterocycles. The Bertz CT molecular complexity index is 1130. The van der Waals surface area contributed by atoms with E-state index in [0.29, 0.717) is 6.42 Å². The number of aromatic nitrogens is 3. The molecule has 0 bridgehead atoms. The first-order chi connectivity index (χ1) is 13.2. The van der Waals surface area contributed by atoms with Gasteiger partial charge in [-0.2, -0.15) is 5.10 Å². The number of hydrogen-bond acceptors (Lipinski definition) is 4. The van der Waals surface area contributed by atoms with Crippen LogP contribution in [0, 0.1) is 0 Å². The lowest BCUT2D eigenvalue weighted by Gasteiger charge is -2.06. The van der Waals surface area contributed by atoms with Gasteiger partial charge in [-0.05, 0) is 29.3 Å². The second-order valence-corrected chi connectivity index (χ2v) is 6.30. The number of fused-ring (bicyclic) bond motifs is 2. The van der Waals surface area contributed by atoms with E-state index < -0.39 is 6.04 Å². The van der Waals surface area contributed by atoms with E-state index in [-0.39, 0.29) is 5.91 Å². The summed E-state index contributed by atoms with van der Waals surface area (Å²) in [6, 6.07) is 13.2. The Balaban J connectivity index is 1.39. The Morgan fingerprint density at radius 1 is 1.19 bits per heavy atom. The molecule has 2 heterocycles. The van der Waals surface area contributed by atoms with Gasteiger partial charge < -0.3 is 10.7 Å². The summed E-state index contributed by atoms with van der Waals surface area (Å²) in [6.07, 6.45) is 7.35. The third kappa shape index (κ3) is 3.68. The van der Waals surface area contributed by atoms with E-state index in [1.54, 1.807) is 18.6 Å². The van der Waals surface area contributed by atoms with Crippen molar-refractivity contribution < 1.29 is 10.5 Å². The van der Waals surface area contributed by atoms with Gasteiger partial charge in [-0.25, -0.2) is 5.43 Å². The van der Waals surface area contributed by atoms with Crippen LogP contribution >= 0.6 is 0 Å². The van der Waals surface area contributed by atoms with Crippen LogP contribution in [0.1, 0.15) is 11.1 Å². The quantitative estimate of drug-likeness (QED) is 0.370. The molecule has 7 heteroatoms. The Kier molecular flexibility index (Phi) is 4.59. The number of benzene rings is 2. The standard InChI is InChI=1S/C20H18N6O/c21-16(10-14-12-24-17-4-2-1-3-15(14)17)20(27)26-25-11-13-5-6-18-19(9-13)23-8-7-22-18/h1-9,11-12,16,24H,10,21H2,(H,26,27)/p+1. The summed E-state index contributed by atoms with van der Waals surface area (Å²) in [7, 11) is 0. The summed E-state index contributed by atoms with van der Waals surface area (Å²) in [5.41, 5.74) is 11.1. The second-order valence-electron chi connectivity index (χ2n) is 6.30. The molecule has 7 nitrogen and oxygen atoms in total. The van der Waals surface area contributed by atoms with Gasteiger partial charge in [-0.1, -0.05) is 24.3 Å². The number of para-hydroxylation sites is 1. The zero-order valence-electron chi connectivity index (χ0n) is 14.6. The highest BCUT2D eigenvalue weighted by Gasteiger charge is 2.19. The fraction of sp³-hybridized carbons (Fsp3) is 0.100. The molecule has 0 aliphatic rings. The number of carbonyl (C=O) groups excluding carboxylic acids is 1. The molecular weight excluding hydrogens is 340 g/mol. The SMILES string of the molecule is [NH3+]C(Cc1c[nH]c2ccccc12)C(=O)NN=Cc1ccc2nccnc2c1. The van der Waals surface area contributed by atoms with Gasteiger partial charge in [-0.15, -0.1) is 0 Å². The predicted molar refractivity (Wildman–Crippen MR) is 104 cm³/mol. The third-order valence-electron chi connectivity index (χ3n) is 4.39. The number of aromatic amines is 1. The zero-order chi connectivity index (χ0) is 18.6. The number of rotatable bonds is 5. The molecule has 2 aromatic heterocycles. The Hall–Kier alpha value is -3.58. The van der Waals surface area contributed by atoms with Crippen molar-refractivity contribution in [2.45, 2.75) is 12.5 Å². The average molecular weight is 359 g/mol. The molecule has 1 amide bonds. The first kappa shape index (κ1) is 16.9. The molecule has 0 radical (unpaired) electrons. The van der Waals surface area contributed by atoms with Crippen LogP contribution in [-0.2, 0) is 11.2 Å². The van der Waals surface area contributed by atoms with Gasteiger partial charge in [0.2, 0.25) is 0 Å². The smallest absolute Gasteiger partial charge is 0.298 e. The summed E-state index contributed by atoms with van der Waals surface area (Å²) in [5.74, 6) is -0.225. The summed E-state index contributed by atoms with van der Waals surface area (Å²) >= 11 is 0. The lowest BCUT2D eigenvalue weighted by atomic mass is 10.1. The Morgan fingerprint density at radius 2 is 2.00 bits per heavy atom. The molecule has 0 fully saturated rings. The van der Waals surface area contributed by atoms with E-state index in [1.807, 2.05) is 48.7 Å². The number of carbonyl (C=O) groups is 1. The fourth-order valence-electron chi connectivity index (χ4n) is 2.98. The van der Waals surface area contributed by atoms with Crippen LogP contribution in [0.15, 0.2) is 66.2 Å². The van der Waals surface area contributed by atoms with Gasteiger partial charge in [0.15, 0.2) is 6.04 Å². The fourth-order valence-corrected chi connectivity index (χ4v) is 2.98. The van der Waals surface area contributed by atoms with Crippen molar-refractivity contribution in [3.63, 3.8) is 0 Å². The minimum Gasteiger partial charge on any atom is -0.361 e. The maximum Gasteiger partial charge on any atom is 0.298 e. The lowest BCUT2D eigenvalue weighted by Crippen LogP contribution is -2.68. The minimum absolute atomic E-state index is 0.225. The molecule has 27 heavy (non-hydrogen) atoms. The number of amides is 1. The molecular formula is C20H19N6O+. The van der Waals surface area contributed by atoms with Gasteiger partial charge in [0.25, 0.3) is 5.91 Å². The number of quaternary nitrogens is 1. The molecule has 5 N–H and O–H groups in total. The van der Waals surface area contributed by atoms with E-state index in [2.05, 4.69) is 31.2 Å². The molecule has 2 aromatic carbocycles. The van der Waals surface area contributed by atoms with Crippen LogP contribution < -0.4 is 11.2 Å². The molecule has 1 unspecified atom stereocenters. The van der Waals surface area contributed by atoms with Crippen LogP contribution in [0.4, 0.5) is 0 Å². The maximum atomic E-state index is 12.3. The van der Waals surface area contributed by atoms with Crippen LogP contribution in [0.25, 0.3) is 21.9 Å². The molecule has 4 rings (SSSR count). The minimum atomic E-state index is -0.441. The highest BCUT2D eigenvalue weighted by Crippen LogP contribution is 2.18. The van der Waals surface area contributed by atoms with Crippen LogP contribution in [0.5, 0.6) is 0 Å². The normalized spacial score (nSPS) is 12.6. The molecule has 0 aliphatic carbocycles. The highest BCUT2D eigenvalue weighted by atomic mass is 16.2. The van der Waals surface area contributed by atoms with Gasteiger partial charge in [0, 0.05) is 35.9 Å². The summed E-state index contributed by atoms with van der Waals surface area (Å²) < 4.78 is 0. The number of nitrogens with zero attached hydrogens (tertiary/aromatic N) is 3. The number of nitrogens with one attached hydrogen (secondary N) is 2. The molecule has 0 aliphatic heterocycles. The van der Waals surface area contributed by atoms with Gasteiger partial charge >= 0.3 is 0 Å². The molecule has 134 valence electrons. The highest BCUT2D eigenvalue weighted by molar-refractivity contribution is 5.88. The van der Waals surface area contributed by atoms with Crippen LogP contribution in [0.3, 0.4) is 0 Å². The maximum absolute atomic E-state index is 12.3. The van der Waals surface area contributed by atoms with Crippen molar-refractivity contribution in [2.24, 2.45) is 5.10 Å². The van der Waals surface area contributed by atoms with Crippen molar-refractivity contribution in [1.82, 2.24) is 20.4 Å². The Morgan fingerprint density at radius 3 is 2.89 bits per heavy atom. The van der Waals surface area contributed by atoms with Crippen molar-refractivity contribution in [3.05, 3.63) is 72.2 Å². The molecule has 0 saturated carbocycles. The van der Waals surface area contributed by atoms with Gasteiger partial charge in [-0.3, -0.25) is 14.8 Å². The number of hydrogen-bond donors (Lipinski definition) is 3. The third-order valence-corrected chi connectivity index (χ3v) is 4.39. The predicted octanol–water partition coefficient (Wildman–Crippen LogP) is 1.41. The number of hydrazone groups is 1. The molecule has 1 atom stereocenters. The van der Waals surface area contributed by atoms with Crippen molar-refractivity contribution in [3.8, 4) is 0 Å². The van der Waals surface area contributed by atoms with E-state index in [9.17, 15) is 4.79 Å². The summed E-state index contributed by atoms with van der Waals surface area (Å²) in [4.78, 5) is 24.0. The second kappa shape index (κ2) is 7.35.